The van der Waals surface area contributed by atoms with E-state index in [1.165, 1.54) is 13.8 Å². The van der Waals surface area contributed by atoms with Crippen LogP contribution in [0.15, 0.2) is 12.1 Å². The van der Waals surface area contributed by atoms with Crippen LogP contribution in [-0.2, 0) is 25.5 Å². The number of benzene rings is 1. The number of ether oxygens (including phenoxy) is 2. The second-order valence-corrected chi connectivity index (χ2v) is 9.38. The first-order valence-corrected chi connectivity index (χ1v) is 10.5. The fourth-order valence-electron chi connectivity index (χ4n) is 4.19. The molecule has 6 nitrogen and oxygen atoms in total. The van der Waals surface area contributed by atoms with Gasteiger partial charge in [0.1, 0.15) is 10.8 Å². The molecule has 8 heteroatoms. The Hall–Kier alpha value is -2.05. The lowest BCUT2D eigenvalue weighted by atomic mass is 9.66. The SMILES string of the molecule is CC(C)C12CCC(=O)C=C1c1c(cc(OCC(=O)OC(C)(C)C(=O)O)c(Cl)c1Cl)C2. The smallest absolute Gasteiger partial charge is 0.347 e. The van der Waals surface area contributed by atoms with E-state index in [1.807, 2.05) is 0 Å². The molecule has 162 valence electrons. The first-order chi connectivity index (χ1) is 13.9. The minimum atomic E-state index is -1.67. The summed E-state index contributed by atoms with van der Waals surface area (Å²) in [6.45, 7) is 6.29. The summed E-state index contributed by atoms with van der Waals surface area (Å²) in [4.78, 5) is 35.2. The fraction of sp³-hybridized carbons (Fsp3) is 0.500. The maximum atomic E-state index is 12.1. The van der Waals surface area contributed by atoms with E-state index in [0.29, 0.717) is 12.8 Å². The van der Waals surface area contributed by atoms with Crippen LogP contribution in [0.5, 0.6) is 5.75 Å². The summed E-state index contributed by atoms with van der Waals surface area (Å²) in [6, 6.07) is 1.74. The number of carboxylic acids is 1. The monoisotopic (exact) mass is 454 g/mol. The molecule has 1 unspecified atom stereocenters. The van der Waals surface area contributed by atoms with Crippen LogP contribution >= 0.6 is 23.2 Å². The highest BCUT2D eigenvalue weighted by atomic mass is 35.5. The Morgan fingerprint density at radius 3 is 2.53 bits per heavy atom. The summed E-state index contributed by atoms with van der Waals surface area (Å²) < 4.78 is 10.5. The van der Waals surface area contributed by atoms with Gasteiger partial charge in [-0.2, -0.15) is 0 Å². The molecule has 0 aromatic heterocycles. The van der Waals surface area contributed by atoms with Gasteiger partial charge in [0.05, 0.1) is 5.02 Å². The molecule has 30 heavy (non-hydrogen) atoms. The minimum Gasteiger partial charge on any atom is -0.480 e. The molecular weight excluding hydrogens is 431 g/mol. The van der Waals surface area contributed by atoms with E-state index in [-0.39, 0.29) is 32.9 Å². The zero-order valence-corrected chi connectivity index (χ0v) is 18.8. The van der Waals surface area contributed by atoms with Crippen LogP contribution in [0.3, 0.4) is 0 Å². The Morgan fingerprint density at radius 2 is 1.93 bits per heavy atom. The van der Waals surface area contributed by atoms with E-state index in [9.17, 15) is 14.4 Å². The predicted molar refractivity (Wildman–Crippen MR) is 113 cm³/mol. The van der Waals surface area contributed by atoms with Gasteiger partial charge in [-0.15, -0.1) is 0 Å². The number of carbonyl (C=O) groups is 3. The maximum absolute atomic E-state index is 12.1. The Balaban J connectivity index is 1.89. The number of halogens is 2. The van der Waals surface area contributed by atoms with E-state index in [0.717, 1.165) is 23.1 Å². The largest absolute Gasteiger partial charge is 0.480 e. The molecule has 0 saturated carbocycles. The summed E-state index contributed by atoms with van der Waals surface area (Å²) in [7, 11) is 0. The minimum absolute atomic E-state index is 0.0745. The van der Waals surface area contributed by atoms with Crippen LogP contribution in [-0.4, -0.2) is 35.0 Å². The number of allylic oxidation sites excluding steroid dienone is 2. The summed E-state index contributed by atoms with van der Waals surface area (Å²) >= 11 is 13.0. The number of carboxylic acid groups (broad SMARTS) is 1. The topological polar surface area (TPSA) is 89.9 Å². The Labute approximate surface area is 185 Å². The highest BCUT2D eigenvalue weighted by Gasteiger charge is 2.47. The van der Waals surface area contributed by atoms with Gasteiger partial charge in [-0.05, 0) is 55.9 Å². The third-order valence-corrected chi connectivity index (χ3v) is 6.87. The van der Waals surface area contributed by atoms with Crippen molar-refractivity contribution in [3.05, 3.63) is 33.3 Å². The van der Waals surface area contributed by atoms with Crippen molar-refractivity contribution >= 4 is 46.5 Å². The Morgan fingerprint density at radius 1 is 1.27 bits per heavy atom. The normalized spacial score (nSPS) is 20.5. The van der Waals surface area contributed by atoms with Crippen molar-refractivity contribution in [1.82, 2.24) is 0 Å². The van der Waals surface area contributed by atoms with Crippen molar-refractivity contribution in [2.75, 3.05) is 6.61 Å². The van der Waals surface area contributed by atoms with Gasteiger partial charge in [0.2, 0.25) is 5.60 Å². The highest BCUT2D eigenvalue weighted by molar-refractivity contribution is 6.44. The molecule has 0 amide bonds. The third-order valence-electron chi connectivity index (χ3n) is 6.02. The molecule has 3 rings (SSSR count). The van der Waals surface area contributed by atoms with E-state index in [1.54, 1.807) is 12.1 Å². The predicted octanol–water partition coefficient (Wildman–Crippen LogP) is 4.72. The number of ketones is 1. The highest BCUT2D eigenvalue weighted by Crippen LogP contribution is 2.59. The third kappa shape index (κ3) is 3.83. The van der Waals surface area contributed by atoms with Gasteiger partial charge in [-0.1, -0.05) is 37.0 Å². The summed E-state index contributed by atoms with van der Waals surface area (Å²) in [6.07, 6.45) is 3.62. The van der Waals surface area contributed by atoms with Gasteiger partial charge in [0, 0.05) is 17.4 Å². The van der Waals surface area contributed by atoms with E-state index >= 15 is 0 Å². The number of hydrogen-bond acceptors (Lipinski definition) is 5. The van der Waals surface area contributed by atoms with Gasteiger partial charge in [-0.3, -0.25) is 4.79 Å². The average Bonchev–Trinajstić information content (AvgIpc) is 2.97. The number of carbonyl (C=O) groups excluding carboxylic acids is 2. The molecule has 1 aromatic carbocycles. The van der Waals surface area contributed by atoms with Crippen molar-refractivity contribution in [2.45, 2.75) is 52.6 Å². The summed E-state index contributed by atoms with van der Waals surface area (Å²) in [5.41, 5.74) is 0.744. The van der Waals surface area contributed by atoms with Crippen LogP contribution < -0.4 is 4.74 Å². The summed E-state index contributed by atoms with van der Waals surface area (Å²) in [5.74, 6) is -1.52. The van der Waals surface area contributed by atoms with E-state index in [2.05, 4.69) is 13.8 Å². The maximum Gasteiger partial charge on any atom is 0.347 e. The molecule has 0 saturated heterocycles. The van der Waals surface area contributed by atoms with Crippen molar-refractivity contribution < 1.29 is 29.0 Å². The van der Waals surface area contributed by atoms with Crippen LogP contribution in [0.2, 0.25) is 10.0 Å². The first kappa shape index (κ1) is 22.6. The molecule has 0 heterocycles. The van der Waals surface area contributed by atoms with Crippen LogP contribution in [0.25, 0.3) is 5.57 Å². The molecule has 1 N–H and O–H groups in total. The molecule has 2 aliphatic carbocycles. The number of rotatable bonds is 6. The number of hydrogen-bond donors (Lipinski definition) is 1. The molecule has 0 fully saturated rings. The van der Waals surface area contributed by atoms with Crippen molar-refractivity contribution in [3.63, 3.8) is 0 Å². The Bertz CT molecular complexity index is 963. The lowest BCUT2D eigenvalue weighted by Crippen LogP contribution is -2.38. The molecule has 1 atom stereocenters. The van der Waals surface area contributed by atoms with Crippen molar-refractivity contribution in [2.24, 2.45) is 11.3 Å². The quantitative estimate of drug-likeness (QED) is 0.625. The molecule has 2 aliphatic rings. The van der Waals surface area contributed by atoms with Crippen molar-refractivity contribution in [1.29, 1.82) is 0 Å². The average molecular weight is 455 g/mol. The van der Waals surface area contributed by atoms with E-state index < -0.39 is 24.1 Å². The van der Waals surface area contributed by atoms with Crippen LogP contribution in [0, 0.1) is 11.3 Å². The van der Waals surface area contributed by atoms with Gasteiger partial charge in [0.15, 0.2) is 12.4 Å². The Kier molecular flexibility index (Phi) is 5.95. The molecular formula is C22H24Cl2O6. The summed E-state index contributed by atoms with van der Waals surface area (Å²) in [5, 5.41) is 9.49. The molecule has 1 aromatic rings. The van der Waals surface area contributed by atoms with Gasteiger partial charge >= 0.3 is 11.9 Å². The number of esters is 1. The lowest BCUT2D eigenvalue weighted by Gasteiger charge is -2.37. The van der Waals surface area contributed by atoms with Gasteiger partial charge < -0.3 is 14.6 Å². The zero-order valence-electron chi connectivity index (χ0n) is 17.3. The second kappa shape index (κ2) is 7.89. The molecule has 0 bridgehead atoms. The van der Waals surface area contributed by atoms with Crippen LogP contribution in [0.1, 0.15) is 51.7 Å². The standard InChI is InChI=1S/C22H24Cl2O6/c1-11(2)22-6-5-13(25)8-14(22)17-12(9-22)7-15(18(23)19(17)24)29-10-16(26)30-21(3,4)20(27)28/h7-8,11H,5-6,9-10H2,1-4H3,(H,27,28). The van der Waals surface area contributed by atoms with Crippen LogP contribution in [0.4, 0.5) is 0 Å². The number of fused-ring (bicyclic) bond motifs is 3. The van der Waals surface area contributed by atoms with Gasteiger partial charge in [0.25, 0.3) is 0 Å². The lowest BCUT2D eigenvalue weighted by molar-refractivity contribution is -0.175. The molecule has 0 spiro atoms. The van der Waals surface area contributed by atoms with Gasteiger partial charge in [-0.25, -0.2) is 9.59 Å². The zero-order chi connectivity index (χ0) is 22.4. The second-order valence-electron chi connectivity index (χ2n) is 8.63. The van der Waals surface area contributed by atoms with E-state index in [4.69, 9.17) is 37.8 Å². The fourth-order valence-corrected chi connectivity index (χ4v) is 4.71. The molecule has 0 aliphatic heterocycles. The number of aliphatic carboxylic acids is 1. The first-order valence-electron chi connectivity index (χ1n) is 9.73. The molecule has 0 radical (unpaired) electrons. The van der Waals surface area contributed by atoms with Crippen molar-refractivity contribution in [3.8, 4) is 5.75 Å².